The van der Waals surface area contributed by atoms with Crippen molar-refractivity contribution in [2.24, 2.45) is 0 Å². The number of carbonyl (C=O) groups is 1. The molecule has 2 saturated heterocycles. The topological polar surface area (TPSA) is 139 Å². The van der Waals surface area contributed by atoms with Crippen LogP contribution in [0.25, 0.3) is 0 Å². The maximum atomic E-state index is 13.2. The van der Waals surface area contributed by atoms with Crippen LogP contribution in [-0.4, -0.2) is 75.4 Å². The molecule has 1 aromatic carbocycles. The highest BCUT2D eigenvalue weighted by molar-refractivity contribution is 7.89. The van der Waals surface area contributed by atoms with E-state index in [1.165, 1.54) is 39.8 Å². The third-order valence-corrected chi connectivity index (χ3v) is 9.84. The van der Waals surface area contributed by atoms with Crippen LogP contribution in [0.3, 0.4) is 0 Å². The Morgan fingerprint density at radius 3 is 2.30 bits per heavy atom. The third-order valence-electron chi connectivity index (χ3n) is 5.77. The molecular weight excluding hydrogens is 472 g/mol. The highest BCUT2D eigenvalue weighted by Gasteiger charge is 2.42. The Morgan fingerprint density at radius 2 is 1.70 bits per heavy atom. The van der Waals surface area contributed by atoms with E-state index in [9.17, 15) is 21.6 Å². The van der Waals surface area contributed by atoms with E-state index >= 15 is 0 Å². The van der Waals surface area contributed by atoms with Gasteiger partial charge in [-0.25, -0.2) is 16.8 Å². The van der Waals surface area contributed by atoms with Crippen molar-refractivity contribution >= 4 is 31.6 Å². The van der Waals surface area contributed by atoms with Crippen LogP contribution in [0.5, 0.6) is 0 Å². The number of hydrogen-bond acceptors (Lipinski definition) is 8. The molecule has 1 amide bonds. The van der Waals surface area contributed by atoms with Crippen LogP contribution in [0.1, 0.15) is 24.3 Å². The zero-order chi connectivity index (χ0) is 23.8. The van der Waals surface area contributed by atoms with E-state index in [0.29, 0.717) is 31.7 Å². The predicted octanol–water partition coefficient (Wildman–Crippen LogP) is 1.10. The number of aryl methyl sites for hydroxylation is 2. The van der Waals surface area contributed by atoms with E-state index in [1.54, 1.807) is 6.92 Å². The van der Waals surface area contributed by atoms with Crippen molar-refractivity contribution in [2.45, 2.75) is 42.5 Å². The lowest BCUT2D eigenvalue weighted by Crippen LogP contribution is -2.43. The van der Waals surface area contributed by atoms with E-state index in [2.05, 4.69) is 10.5 Å². The van der Waals surface area contributed by atoms with Crippen LogP contribution in [0.2, 0.25) is 0 Å². The van der Waals surface area contributed by atoms with Crippen LogP contribution >= 0.6 is 0 Å². The molecule has 0 bridgehead atoms. The minimum atomic E-state index is -3.96. The van der Waals surface area contributed by atoms with E-state index in [-0.39, 0.29) is 40.9 Å². The first-order chi connectivity index (χ1) is 15.6. The molecule has 0 unspecified atom stereocenters. The fourth-order valence-electron chi connectivity index (χ4n) is 4.12. The number of morpholine rings is 1. The van der Waals surface area contributed by atoms with Gasteiger partial charge in [0, 0.05) is 25.3 Å². The van der Waals surface area contributed by atoms with Crippen LogP contribution in [0, 0.1) is 13.8 Å². The number of ether oxygens (including phenoxy) is 1. The van der Waals surface area contributed by atoms with Gasteiger partial charge in [-0.1, -0.05) is 5.16 Å². The summed E-state index contributed by atoms with van der Waals surface area (Å²) in [5, 5.41) is 6.42. The molecule has 3 heterocycles. The smallest absolute Gasteiger partial charge is 0.249 e. The Morgan fingerprint density at radius 1 is 1.03 bits per heavy atom. The molecule has 4 rings (SSSR count). The van der Waals surface area contributed by atoms with E-state index in [4.69, 9.17) is 9.26 Å². The number of aromatic nitrogens is 1. The number of amides is 1. The average Bonchev–Trinajstić information content (AvgIpc) is 3.42. The Bertz CT molecular complexity index is 1210. The van der Waals surface area contributed by atoms with Gasteiger partial charge in [0.15, 0.2) is 5.76 Å². The first kappa shape index (κ1) is 23.8. The van der Waals surface area contributed by atoms with Gasteiger partial charge >= 0.3 is 0 Å². The first-order valence-electron chi connectivity index (χ1n) is 10.6. The summed E-state index contributed by atoms with van der Waals surface area (Å²) in [6.07, 6.45) is 0.912. The molecule has 2 aliphatic rings. The van der Waals surface area contributed by atoms with Gasteiger partial charge in [-0.2, -0.15) is 8.61 Å². The molecule has 2 aliphatic heterocycles. The van der Waals surface area contributed by atoms with Gasteiger partial charge in [0.05, 0.1) is 18.1 Å². The highest BCUT2D eigenvalue weighted by Crippen LogP contribution is 2.30. The standard InChI is InChI=1S/C20H26N4O7S2/c1-14-19(15(2)31-22-14)33(28,29)24-9-3-4-18(24)20(25)21-16-5-7-17(8-6-16)32(26,27)23-10-12-30-13-11-23/h5-8,18H,3-4,9-13H2,1-2H3,(H,21,25)/t18-/m0/s1. The minimum Gasteiger partial charge on any atom is -0.379 e. The van der Waals surface area contributed by atoms with Gasteiger partial charge in [0.25, 0.3) is 0 Å². The number of hydrogen-bond donors (Lipinski definition) is 1. The lowest BCUT2D eigenvalue weighted by Gasteiger charge is -2.26. The lowest BCUT2D eigenvalue weighted by molar-refractivity contribution is -0.119. The molecule has 0 spiro atoms. The second-order valence-corrected chi connectivity index (χ2v) is 11.7. The second-order valence-electron chi connectivity index (χ2n) is 7.96. The zero-order valence-electron chi connectivity index (χ0n) is 18.4. The lowest BCUT2D eigenvalue weighted by atomic mass is 10.2. The summed E-state index contributed by atoms with van der Waals surface area (Å²) in [4.78, 5) is 13.0. The maximum Gasteiger partial charge on any atom is 0.249 e. The number of anilines is 1. The molecule has 1 N–H and O–H groups in total. The van der Waals surface area contributed by atoms with Crippen molar-refractivity contribution in [3.8, 4) is 0 Å². The monoisotopic (exact) mass is 498 g/mol. The number of rotatable bonds is 6. The SMILES string of the molecule is Cc1noc(C)c1S(=O)(=O)N1CCC[C@H]1C(=O)Nc1ccc(S(=O)(=O)N2CCOCC2)cc1. The van der Waals surface area contributed by atoms with Crippen LogP contribution in [-0.2, 0) is 29.6 Å². The third kappa shape index (κ3) is 4.55. The van der Waals surface area contributed by atoms with Gasteiger partial charge in [0.2, 0.25) is 26.0 Å². The van der Waals surface area contributed by atoms with Crippen molar-refractivity contribution in [3.05, 3.63) is 35.7 Å². The van der Waals surface area contributed by atoms with Crippen molar-refractivity contribution in [1.29, 1.82) is 0 Å². The molecule has 0 saturated carbocycles. The van der Waals surface area contributed by atoms with Crippen LogP contribution in [0.4, 0.5) is 5.69 Å². The quantitative estimate of drug-likeness (QED) is 0.625. The van der Waals surface area contributed by atoms with Gasteiger partial charge in [-0.05, 0) is 51.0 Å². The summed E-state index contributed by atoms with van der Waals surface area (Å²) < 4.78 is 64.6. The molecule has 180 valence electrons. The number of nitrogens with zero attached hydrogens (tertiary/aromatic N) is 3. The molecule has 0 radical (unpaired) electrons. The highest BCUT2D eigenvalue weighted by atomic mass is 32.2. The largest absolute Gasteiger partial charge is 0.379 e. The van der Waals surface area contributed by atoms with E-state index in [0.717, 1.165) is 0 Å². The fourth-order valence-corrected chi connectivity index (χ4v) is 7.48. The molecule has 1 atom stereocenters. The summed E-state index contributed by atoms with van der Waals surface area (Å²) in [6.45, 7) is 4.55. The molecule has 33 heavy (non-hydrogen) atoms. The van der Waals surface area contributed by atoms with Gasteiger partial charge in [0.1, 0.15) is 16.6 Å². The Hall–Kier alpha value is -2.32. The molecule has 2 fully saturated rings. The van der Waals surface area contributed by atoms with Gasteiger partial charge < -0.3 is 14.6 Å². The minimum absolute atomic E-state index is 0.0140. The van der Waals surface area contributed by atoms with Crippen molar-refractivity contribution in [3.63, 3.8) is 0 Å². The summed E-state index contributed by atoms with van der Waals surface area (Å²) in [7, 11) is -7.61. The van der Waals surface area contributed by atoms with Crippen molar-refractivity contribution < 1.29 is 30.9 Å². The zero-order valence-corrected chi connectivity index (χ0v) is 20.0. The Labute approximate surface area is 192 Å². The Balaban J connectivity index is 1.49. The summed E-state index contributed by atoms with van der Waals surface area (Å²) >= 11 is 0. The first-order valence-corrected chi connectivity index (χ1v) is 13.4. The Kier molecular flexibility index (Phi) is 6.60. The molecule has 13 heteroatoms. The summed E-state index contributed by atoms with van der Waals surface area (Å²) in [6, 6.07) is 4.95. The van der Waals surface area contributed by atoms with E-state index < -0.39 is 32.0 Å². The van der Waals surface area contributed by atoms with Gasteiger partial charge in [-0.15, -0.1) is 0 Å². The number of carbonyl (C=O) groups excluding carboxylic acids is 1. The molecule has 11 nitrogen and oxygen atoms in total. The fraction of sp³-hybridized carbons (Fsp3) is 0.500. The number of benzene rings is 1. The number of sulfonamides is 2. The predicted molar refractivity (Wildman–Crippen MR) is 118 cm³/mol. The van der Waals surface area contributed by atoms with E-state index in [1.807, 2.05) is 0 Å². The van der Waals surface area contributed by atoms with Crippen molar-refractivity contribution in [2.75, 3.05) is 38.2 Å². The van der Waals surface area contributed by atoms with Gasteiger partial charge in [-0.3, -0.25) is 4.79 Å². The van der Waals surface area contributed by atoms with Crippen LogP contribution in [0.15, 0.2) is 38.6 Å². The summed E-state index contributed by atoms with van der Waals surface area (Å²) in [5.74, 6) is -0.303. The molecule has 0 aliphatic carbocycles. The molecule has 1 aromatic heterocycles. The molecular formula is C20H26N4O7S2. The second kappa shape index (κ2) is 9.14. The maximum absolute atomic E-state index is 13.2. The summed E-state index contributed by atoms with van der Waals surface area (Å²) in [5.41, 5.74) is 0.623. The van der Waals surface area contributed by atoms with Crippen LogP contribution < -0.4 is 5.32 Å². The van der Waals surface area contributed by atoms with Crippen molar-refractivity contribution in [1.82, 2.24) is 13.8 Å². The molecule has 2 aromatic rings. The number of nitrogens with one attached hydrogen (secondary N) is 1. The average molecular weight is 499 g/mol. The normalized spacial score (nSPS) is 20.7.